The third kappa shape index (κ3) is 6.25. The summed E-state index contributed by atoms with van der Waals surface area (Å²) < 4.78 is 5.36. The molecule has 2 amide bonds. The van der Waals surface area contributed by atoms with Crippen LogP contribution in [-0.2, 0) is 16.1 Å². The van der Waals surface area contributed by atoms with Gasteiger partial charge in [-0.2, -0.15) is 5.26 Å². The lowest BCUT2D eigenvalue weighted by atomic mass is 9.94. The molecule has 39 heavy (non-hydrogen) atoms. The number of anilines is 2. The van der Waals surface area contributed by atoms with Crippen LogP contribution in [0.5, 0.6) is 0 Å². The first-order valence-electron chi connectivity index (χ1n) is 13.3. The van der Waals surface area contributed by atoms with Crippen molar-refractivity contribution in [2.75, 3.05) is 50.4 Å². The number of nitrogen functional groups attached to an aromatic ring is 1. The van der Waals surface area contributed by atoms with Crippen molar-refractivity contribution >= 4 is 23.2 Å². The topological polar surface area (TPSA) is 125 Å². The summed E-state index contributed by atoms with van der Waals surface area (Å²) in [6.07, 6.45) is 3.48. The Labute approximate surface area is 228 Å². The smallest absolute Gasteiger partial charge is 0.255 e. The highest BCUT2D eigenvalue weighted by Gasteiger charge is 2.29. The Bertz CT molecular complexity index is 1370. The van der Waals surface area contributed by atoms with E-state index in [-0.39, 0.29) is 17.7 Å². The minimum absolute atomic E-state index is 0.0737. The number of nitrogens with one attached hydrogen (secondary N) is 1. The number of amides is 2. The number of pyridine rings is 1. The summed E-state index contributed by atoms with van der Waals surface area (Å²) >= 11 is 0. The number of carbonyl (C=O) groups excluding carboxylic acids is 2. The van der Waals surface area contributed by atoms with E-state index in [2.05, 4.69) is 21.3 Å². The van der Waals surface area contributed by atoms with Crippen LogP contribution >= 0.6 is 0 Å². The zero-order valence-electron chi connectivity index (χ0n) is 21.8. The SMILES string of the molecule is N#Cc1cc(CN2CCC(C(=O)N3CCOCC3)CC2)cnc1-c1ccc(C(=O)Nc2ccccc2N)cc1. The molecule has 0 atom stereocenters. The Morgan fingerprint density at radius 2 is 1.77 bits per heavy atom. The largest absolute Gasteiger partial charge is 0.397 e. The van der Waals surface area contributed by atoms with Crippen LogP contribution in [0.4, 0.5) is 11.4 Å². The van der Waals surface area contributed by atoms with E-state index in [1.807, 2.05) is 23.1 Å². The molecule has 2 saturated heterocycles. The molecule has 3 aromatic rings. The molecule has 0 spiro atoms. The molecule has 1 aromatic heterocycles. The number of nitrogens with zero attached hydrogens (tertiary/aromatic N) is 4. The van der Waals surface area contributed by atoms with Crippen molar-refractivity contribution in [3.05, 3.63) is 77.5 Å². The molecule has 3 heterocycles. The number of benzene rings is 2. The van der Waals surface area contributed by atoms with Gasteiger partial charge in [0.2, 0.25) is 5.91 Å². The molecule has 0 saturated carbocycles. The molecule has 2 aliphatic heterocycles. The number of piperidine rings is 1. The van der Waals surface area contributed by atoms with Crippen molar-refractivity contribution in [3.63, 3.8) is 0 Å². The number of nitrogens with two attached hydrogens (primary N) is 1. The number of hydrogen-bond acceptors (Lipinski definition) is 7. The Balaban J connectivity index is 1.19. The second-order valence-electron chi connectivity index (χ2n) is 9.96. The maximum Gasteiger partial charge on any atom is 0.255 e. The van der Waals surface area contributed by atoms with E-state index >= 15 is 0 Å². The minimum Gasteiger partial charge on any atom is -0.397 e. The summed E-state index contributed by atoms with van der Waals surface area (Å²) in [5, 5.41) is 12.6. The van der Waals surface area contributed by atoms with Gasteiger partial charge in [-0.05, 0) is 61.8 Å². The van der Waals surface area contributed by atoms with Crippen molar-refractivity contribution in [3.8, 4) is 17.3 Å². The van der Waals surface area contributed by atoms with Gasteiger partial charge < -0.3 is 20.7 Å². The van der Waals surface area contributed by atoms with Crippen LogP contribution in [0.15, 0.2) is 60.8 Å². The van der Waals surface area contributed by atoms with Crippen LogP contribution in [0.25, 0.3) is 11.3 Å². The molecule has 9 nitrogen and oxygen atoms in total. The van der Waals surface area contributed by atoms with E-state index in [4.69, 9.17) is 10.5 Å². The Morgan fingerprint density at radius 3 is 2.46 bits per heavy atom. The number of rotatable bonds is 6. The first kappa shape index (κ1) is 26.4. The summed E-state index contributed by atoms with van der Waals surface area (Å²) in [5.74, 6) is 0.0618. The highest BCUT2D eigenvalue weighted by atomic mass is 16.5. The fourth-order valence-electron chi connectivity index (χ4n) is 5.13. The fraction of sp³-hybridized carbons (Fsp3) is 0.333. The van der Waals surface area contributed by atoms with Crippen molar-refractivity contribution in [1.29, 1.82) is 5.26 Å². The number of likely N-dealkylation sites (tertiary alicyclic amines) is 1. The van der Waals surface area contributed by atoms with Gasteiger partial charge in [-0.1, -0.05) is 24.3 Å². The third-order valence-electron chi connectivity index (χ3n) is 7.36. The standard InChI is InChI=1S/C30H32N6O3/c31-18-25-17-21(20-35-11-9-24(10-12-35)30(38)36-13-15-39-16-14-36)19-33-28(25)22-5-7-23(8-6-22)29(37)34-27-4-2-1-3-26(27)32/h1-8,17,19,24H,9-16,20,32H2,(H,34,37). The van der Waals surface area contributed by atoms with E-state index < -0.39 is 0 Å². The third-order valence-corrected chi connectivity index (χ3v) is 7.36. The molecule has 200 valence electrons. The van der Waals surface area contributed by atoms with Crippen molar-refractivity contribution in [2.45, 2.75) is 19.4 Å². The molecule has 0 aliphatic carbocycles. The van der Waals surface area contributed by atoms with Gasteiger partial charge in [0.1, 0.15) is 6.07 Å². The molecule has 2 aliphatic rings. The molecule has 0 radical (unpaired) electrons. The first-order chi connectivity index (χ1) is 19.0. The van der Waals surface area contributed by atoms with Gasteiger partial charge in [-0.3, -0.25) is 19.5 Å². The first-order valence-corrected chi connectivity index (χ1v) is 13.3. The molecule has 0 unspecified atom stereocenters. The number of carbonyl (C=O) groups is 2. The molecular formula is C30H32N6O3. The Morgan fingerprint density at radius 1 is 1.05 bits per heavy atom. The van der Waals surface area contributed by atoms with Gasteiger partial charge in [0.05, 0.1) is 35.8 Å². The lowest BCUT2D eigenvalue weighted by molar-refractivity contribution is -0.141. The van der Waals surface area contributed by atoms with Crippen molar-refractivity contribution in [1.82, 2.24) is 14.8 Å². The van der Waals surface area contributed by atoms with Gasteiger partial charge >= 0.3 is 0 Å². The minimum atomic E-state index is -0.265. The van der Waals surface area contributed by atoms with Gasteiger partial charge in [0.15, 0.2) is 0 Å². The normalized spacial score (nSPS) is 16.4. The van der Waals surface area contributed by atoms with E-state index in [0.29, 0.717) is 61.0 Å². The second kappa shape index (κ2) is 12.1. The molecule has 3 N–H and O–H groups in total. The average Bonchev–Trinajstić information content (AvgIpc) is 2.99. The molecular weight excluding hydrogens is 492 g/mol. The van der Waals surface area contributed by atoms with E-state index in [9.17, 15) is 14.9 Å². The predicted octanol–water partition coefficient (Wildman–Crippen LogP) is 3.53. The van der Waals surface area contributed by atoms with Crippen LogP contribution < -0.4 is 11.1 Å². The monoisotopic (exact) mass is 524 g/mol. The maximum atomic E-state index is 12.8. The zero-order chi connectivity index (χ0) is 27.2. The zero-order valence-corrected chi connectivity index (χ0v) is 21.8. The van der Waals surface area contributed by atoms with E-state index in [0.717, 1.165) is 37.1 Å². The summed E-state index contributed by atoms with van der Waals surface area (Å²) in [5.41, 5.74) is 10.2. The lowest BCUT2D eigenvalue weighted by Gasteiger charge is -2.35. The summed E-state index contributed by atoms with van der Waals surface area (Å²) in [6.45, 7) is 4.98. The van der Waals surface area contributed by atoms with E-state index in [1.165, 1.54) is 0 Å². The highest BCUT2D eigenvalue weighted by Crippen LogP contribution is 2.26. The van der Waals surface area contributed by atoms with Crippen LogP contribution in [0.3, 0.4) is 0 Å². The Kier molecular flexibility index (Phi) is 8.16. The molecule has 0 bridgehead atoms. The Hall–Kier alpha value is -4.26. The van der Waals surface area contributed by atoms with Crippen molar-refractivity contribution < 1.29 is 14.3 Å². The number of morpholine rings is 1. The maximum absolute atomic E-state index is 12.8. The number of hydrogen-bond donors (Lipinski definition) is 2. The van der Waals surface area contributed by atoms with Crippen LogP contribution in [0, 0.1) is 17.2 Å². The fourth-order valence-corrected chi connectivity index (χ4v) is 5.13. The van der Waals surface area contributed by atoms with Gasteiger partial charge in [0, 0.05) is 42.9 Å². The molecule has 2 aromatic carbocycles. The van der Waals surface area contributed by atoms with Crippen LogP contribution in [0.2, 0.25) is 0 Å². The van der Waals surface area contributed by atoms with Gasteiger partial charge in [-0.25, -0.2) is 0 Å². The summed E-state index contributed by atoms with van der Waals surface area (Å²) in [7, 11) is 0. The van der Waals surface area contributed by atoms with Crippen LogP contribution in [-0.4, -0.2) is 66.0 Å². The van der Waals surface area contributed by atoms with Crippen molar-refractivity contribution in [2.24, 2.45) is 5.92 Å². The van der Waals surface area contributed by atoms with Gasteiger partial charge in [-0.15, -0.1) is 0 Å². The highest BCUT2D eigenvalue weighted by molar-refractivity contribution is 6.05. The summed E-state index contributed by atoms with van der Waals surface area (Å²) in [6, 6.07) is 18.3. The predicted molar refractivity (Wildman–Crippen MR) is 149 cm³/mol. The number of ether oxygens (including phenoxy) is 1. The lowest BCUT2D eigenvalue weighted by Crippen LogP contribution is -2.46. The quantitative estimate of drug-likeness (QED) is 0.473. The van der Waals surface area contributed by atoms with Gasteiger partial charge in [0.25, 0.3) is 5.91 Å². The number of aromatic nitrogens is 1. The van der Waals surface area contributed by atoms with E-state index in [1.54, 1.807) is 42.6 Å². The van der Waals surface area contributed by atoms with Crippen LogP contribution in [0.1, 0.15) is 34.3 Å². The molecule has 2 fully saturated rings. The summed E-state index contributed by atoms with van der Waals surface area (Å²) in [4.78, 5) is 34.3. The number of para-hydroxylation sites is 2. The molecule has 5 rings (SSSR count). The second-order valence-corrected chi connectivity index (χ2v) is 9.96. The molecule has 9 heteroatoms. The number of nitriles is 1. The average molecular weight is 525 g/mol.